The van der Waals surface area contributed by atoms with Gasteiger partial charge in [0.2, 0.25) is 0 Å². The summed E-state index contributed by atoms with van der Waals surface area (Å²) in [5, 5.41) is 8.59. The van der Waals surface area contributed by atoms with Crippen LogP contribution in [0.4, 0.5) is 43.9 Å². The van der Waals surface area contributed by atoms with Crippen molar-refractivity contribution in [3.8, 4) is 28.3 Å². The molecule has 0 aliphatic rings. The second kappa shape index (κ2) is 11.6. The number of pyridine rings is 4. The van der Waals surface area contributed by atoms with Gasteiger partial charge in [0, 0.05) is 30.1 Å². The van der Waals surface area contributed by atoms with Gasteiger partial charge in [-0.2, -0.15) is 31.6 Å². The molecule has 4 aromatic rings. The largest absolute Gasteiger partial charge is 0.433 e. The summed E-state index contributed by atoms with van der Waals surface area (Å²) < 4.78 is 129. The Morgan fingerprint density at radius 3 is 1.48 bits per heavy atom. The molecule has 0 radical (unpaired) electrons. The zero-order chi connectivity index (χ0) is 29.8. The Morgan fingerprint density at radius 2 is 1.10 bits per heavy atom. The van der Waals surface area contributed by atoms with E-state index < -0.39 is 63.8 Å². The smallest absolute Gasteiger partial charge is 0.325 e. The minimum Gasteiger partial charge on any atom is -0.325 e. The fourth-order valence-corrected chi connectivity index (χ4v) is 3.14. The highest BCUT2D eigenvalue weighted by Crippen LogP contribution is 2.32. The van der Waals surface area contributed by atoms with Gasteiger partial charge in [-0.3, -0.25) is 15.0 Å². The molecule has 4 heterocycles. The molecule has 2 N–H and O–H groups in total. The van der Waals surface area contributed by atoms with Crippen molar-refractivity contribution in [1.82, 2.24) is 19.9 Å². The molecule has 0 aromatic carbocycles. The standard InChI is InChI=1S/C12H8F5N3.C12H4F5N3/c2*13-7-5-19-8(3-18)11(14)10(7)6-1-2-9(20-4-6)12(15,16)17/h1-2,4-5H,3,18H2;1-2,4-5H. The minimum atomic E-state index is -4.65. The average molecular weight is 574 g/mol. The third-order valence-electron chi connectivity index (χ3n) is 5.00. The Balaban J connectivity index is 0.000000220. The molecule has 40 heavy (non-hydrogen) atoms. The number of alkyl halides is 6. The predicted molar refractivity (Wildman–Crippen MR) is 117 cm³/mol. The molecule has 0 amide bonds. The maximum Gasteiger partial charge on any atom is 0.433 e. The second-order valence-corrected chi connectivity index (χ2v) is 7.56. The number of nitrogens with zero attached hydrogens (tertiary/aromatic N) is 5. The van der Waals surface area contributed by atoms with E-state index in [1.54, 1.807) is 0 Å². The highest BCUT2D eigenvalue weighted by molar-refractivity contribution is 5.65. The summed E-state index contributed by atoms with van der Waals surface area (Å²) >= 11 is 0. The van der Waals surface area contributed by atoms with Crippen LogP contribution in [0, 0.1) is 34.6 Å². The monoisotopic (exact) mass is 574 g/mol. The molecule has 208 valence electrons. The third-order valence-corrected chi connectivity index (χ3v) is 5.00. The van der Waals surface area contributed by atoms with Gasteiger partial charge in [0.05, 0.1) is 29.2 Å². The zero-order valence-electron chi connectivity index (χ0n) is 19.4. The summed E-state index contributed by atoms with van der Waals surface area (Å²) in [7, 11) is 0. The summed E-state index contributed by atoms with van der Waals surface area (Å²) in [6.45, 7) is -0.257. The van der Waals surface area contributed by atoms with E-state index in [9.17, 15) is 43.9 Å². The molecule has 4 rings (SSSR count). The van der Waals surface area contributed by atoms with E-state index >= 15 is 0 Å². The van der Waals surface area contributed by atoms with Crippen LogP contribution < -0.4 is 5.73 Å². The van der Waals surface area contributed by atoms with E-state index in [1.165, 1.54) is 6.07 Å². The van der Waals surface area contributed by atoms with Crippen molar-refractivity contribution in [2.45, 2.75) is 18.9 Å². The molecule has 0 aliphatic heterocycles. The molecule has 0 fully saturated rings. The normalized spacial score (nSPS) is 11.4. The van der Waals surface area contributed by atoms with Gasteiger partial charge in [-0.25, -0.2) is 22.5 Å². The number of hydrogen-bond donors (Lipinski definition) is 1. The highest BCUT2D eigenvalue weighted by atomic mass is 19.4. The first-order chi connectivity index (χ1) is 18.7. The van der Waals surface area contributed by atoms with Crippen molar-refractivity contribution in [1.29, 1.82) is 5.26 Å². The molecule has 0 saturated carbocycles. The number of hydrogen-bond acceptors (Lipinski definition) is 6. The topological polar surface area (TPSA) is 101 Å². The number of aromatic nitrogens is 4. The van der Waals surface area contributed by atoms with Crippen LogP contribution in [-0.2, 0) is 18.9 Å². The highest BCUT2D eigenvalue weighted by Gasteiger charge is 2.33. The van der Waals surface area contributed by atoms with E-state index in [0.29, 0.717) is 24.5 Å². The Labute approximate surface area is 217 Å². The van der Waals surface area contributed by atoms with Crippen LogP contribution in [0.1, 0.15) is 22.8 Å². The van der Waals surface area contributed by atoms with Crippen LogP contribution in [0.2, 0.25) is 0 Å². The lowest BCUT2D eigenvalue weighted by Crippen LogP contribution is -2.08. The Morgan fingerprint density at radius 1 is 0.650 bits per heavy atom. The number of halogens is 10. The molecule has 0 bridgehead atoms. The van der Waals surface area contributed by atoms with Gasteiger partial charge >= 0.3 is 12.4 Å². The van der Waals surface area contributed by atoms with Gasteiger partial charge in [0.15, 0.2) is 29.0 Å². The van der Waals surface area contributed by atoms with E-state index in [0.717, 1.165) is 24.5 Å². The second-order valence-electron chi connectivity index (χ2n) is 7.56. The predicted octanol–water partition coefficient (Wildman–Crippen LogP) is 6.21. The van der Waals surface area contributed by atoms with Gasteiger partial charge in [0.1, 0.15) is 17.5 Å². The fraction of sp³-hybridized carbons (Fsp3) is 0.125. The van der Waals surface area contributed by atoms with Crippen molar-refractivity contribution >= 4 is 0 Å². The molecule has 0 aliphatic carbocycles. The van der Waals surface area contributed by atoms with Gasteiger partial charge in [0.25, 0.3) is 0 Å². The van der Waals surface area contributed by atoms with Crippen LogP contribution in [0.25, 0.3) is 22.3 Å². The Hall–Kier alpha value is -4.65. The molecular weight excluding hydrogens is 562 g/mol. The number of rotatable bonds is 3. The van der Waals surface area contributed by atoms with Gasteiger partial charge in [-0.15, -0.1) is 0 Å². The first-order valence-electron chi connectivity index (χ1n) is 10.5. The van der Waals surface area contributed by atoms with Crippen LogP contribution >= 0.6 is 0 Å². The van der Waals surface area contributed by atoms with Crippen molar-refractivity contribution in [3.63, 3.8) is 0 Å². The molecule has 16 heteroatoms. The van der Waals surface area contributed by atoms with E-state index in [2.05, 4.69) is 19.9 Å². The molecule has 4 aromatic heterocycles. The molecule has 6 nitrogen and oxygen atoms in total. The van der Waals surface area contributed by atoms with Crippen LogP contribution in [-0.4, -0.2) is 19.9 Å². The van der Waals surface area contributed by atoms with Crippen LogP contribution in [0.5, 0.6) is 0 Å². The number of nitrogens with two attached hydrogens (primary N) is 1. The third kappa shape index (κ3) is 6.49. The average Bonchev–Trinajstić information content (AvgIpc) is 2.89. The molecule has 0 spiro atoms. The minimum absolute atomic E-state index is 0.120. The molecular formula is C24H12F10N6. The number of nitriles is 1. The summed E-state index contributed by atoms with van der Waals surface area (Å²) in [6.07, 6.45) is -6.44. The Bertz CT molecular complexity index is 1540. The summed E-state index contributed by atoms with van der Waals surface area (Å²) in [4.78, 5) is 12.9. The van der Waals surface area contributed by atoms with Crippen molar-refractivity contribution in [2.24, 2.45) is 5.73 Å². The van der Waals surface area contributed by atoms with Crippen molar-refractivity contribution in [2.75, 3.05) is 0 Å². The Kier molecular flexibility index (Phi) is 8.68. The first-order valence-corrected chi connectivity index (χ1v) is 10.5. The molecule has 0 unspecified atom stereocenters. The van der Waals surface area contributed by atoms with Gasteiger partial charge < -0.3 is 5.73 Å². The molecule has 0 atom stereocenters. The van der Waals surface area contributed by atoms with Crippen LogP contribution in [0.3, 0.4) is 0 Å². The van der Waals surface area contributed by atoms with Gasteiger partial charge in [-0.1, -0.05) is 12.1 Å². The van der Waals surface area contributed by atoms with Gasteiger partial charge in [-0.05, 0) is 12.1 Å². The van der Waals surface area contributed by atoms with E-state index in [-0.39, 0.29) is 23.4 Å². The lowest BCUT2D eigenvalue weighted by molar-refractivity contribution is -0.141. The fourth-order valence-electron chi connectivity index (χ4n) is 3.14. The lowest BCUT2D eigenvalue weighted by atomic mass is 10.1. The maximum atomic E-state index is 13.9. The van der Waals surface area contributed by atoms with Crippen molar-refractivity contribution in [3.05, 3.63) is 95.1 Å². The van der Waals surface area contributed by atoms with E-state index in [4.69, 9.17) is 11.0 Å². The van der Waals surface area contributed by atoms with Crippen molar-refractivity contribution < 1.29 is 43.9 Å². The van der Waals surface area contributed by atoms with E-state index in [1.807, 2.05) is 0 Å². The lowest BCUT2D eigenvalue weighted by Gasteiger charge is -2.09. The van der Waals surface area contributed by atoms with Crippen LogP contribution in [0.15, 0.2) is 49.1 Å². The quantitative estimate of drug-likeness (QED) is 0.292. The maximum absolute atomic E-state index is 13.9. The summed E-state index contributed by atoms with van der Waals surface area (Å²) in [5.41, 5.74) is 0.606. The molecule has 0 saturated heterocycles. The summed E-state index contributed by atoms with van der Waals surface area (Å²) in [5.74, 6) is -4.34. The first kappa shape index (κ1) is 29.9. The summed E-state index contributed by atoms with van der Waals surface area (Å²) in [6, 6.07) is 4.48. The SMILES string of the molecule is N#Cc1ncc(F)c(-c2ccc(C(F)(F)F)nc2)c1F.NCc1ncc(F)c(-c2ccc(C(F)(F)F)nc2)c1F. The zero-order valence-corrected chi connectivity index (χ0v) is 19.4.